The molecule has 6 rings (SSSR count). The Bertz CT molecular complexity index is 976. The maximum Gasteiger partial charge on any atom is 0.224 e. The van der Waals surface area contributed by atoms with Crippen LogP contribution in [0.25, 0.3) is 10.9 Å². The largest absolute Gasteiger partial charge is 0.347 e. The molecule has 4 aliphatic rings. The molecule has 3 fully saturated rings. The van der Waals surface area contributed by atoms with Crippen LogP contribution < -0.4 is 0 Å². The minimum absolute atomic E-state index is 0.350. The van der Waals surface area contributed by atoms with Gasteiger partial charge in [0, 0.05) is 43.8 Å². The Balaban J connectivity index is 1.20. The second-order valence-electron chi connectivity index (χ2n) is 9.91. The molecule has 4 heterocycles. The fourth-order valence-corrected chi connectivity index (χ4v) is 6.95. The van der Waals surface area contributed by atoms with E-state index in [-0.39, 0.29) is 0 Å². The lowest BCUT2D eigenvalue weighted by Crippen LogP contribution is -2.60. The van der Waals surface area contributed by atoms with E-state index < -0.39 is 0 Å². The summed E-state index contributed by atoms with van der Waals surface area (Å²) in [4.78, 5) is 18.4. The lowest BCUT2D eigenvalue weighted by molar-refractivity contribution is -0.136. The third-order valence-electron chi connectivity index (χ3n) is 8.22. The van der Waals surface area contributed by atoms with E-state index in [1.165, 1.54) is 56.1 Å². The van der Waals surface area contributed by atoms with Crippen molar-refractivity contribution in [3.05, 3.63) is 48.2 Å². The van der Waals surface area contributed by atoms with E-state index in [2.05, 4.69) is 57.0 Å². The van der Waals surface area contributed by atoms with Crippen LogP contribution in [0.2, 0.25) is 0 Å². The molecule has 0 saturated carbocycles. The van der Waals surface area contributed by atoms with Gasteiger partial charge in [-0.2, -0.15) is 0 Å². The molecule has 0 radical (unpaired) electrons. The molecule has 2 aromatic rings. The quantitative estimate of drug-likeness (QED) is 0.708. The predicted molar refractivity (Wildman–Crippen MR) is 120 cm³/mol. The topological polar surface area (TPSA) is 28.5 Å². The number of aryl methyl sites for hydroxylation is 1. The molecule has 0 unspecified atom stereocenters. The number of fused-ring (bicyclic) bond motifs is 7. The number of piperidine rings is 3. The zero-order valence-corrected chi connectivity index (χ0v) is 17.9. The molecule has 1 amide bonds. The Labute approximate surface area is 179 Å². The molecule has 1 aliphatic carbocycles. The van der Waals surface area contributed by atoms with Crippen LogP contribution in [0.3, 0.4) is 0 Å². The van der Waals surface area contributed by atoms with Crippen LogP contribution in [-0.2, 0) is 11.3 Å². The third kappa shape index (κ3) is 3.11. The number of amides is 1. The number of benzene rings is 1. The first-order valence-corrected chi connectivity index (χ1v) is 12.1. The van der Waals surface area contributed by atoms with Crippen LogP contribution in [-0.4, -0.2) is 52.0 Å². The average Bonchev–Trinajstić information content (AvgIpc) is 3.20. The van der Waals surface area contributed by atoms with Gasteiger partial charge in [0.2, 0.25) is 5.91 Å². The average molecular weight is 404 g/mol. The number of nitrogens with zero attached hydrogens (tertiary/aromatic N) is 3. The van der Waals surface area contributed by atoms with Gasteiger partial charge < -0.3 is 9.47 Å². The van der Waals surface area contributed by atoms with Crippen LogP contribution in [0.5, 0.6) is 0 Å². The highest BCUT2D eigenvalue weighted by Crippen LogP contribution is 2.45. The molecule has 3 saturated heterocycles. The summed E-state index contributed by atoms with van der Waals surface area (Å²) in [6, 6.07) is 11.7. The Kier molecular flexibility index (Phi) is 4.71. The first-order valence-electron chi connectivity index (χ1n) is 12.1. The van der Waals surface area contributed by atoms with Crippen molar-refractivity contribution in [3.8, 4) is 0 Å². The number of rotatable bonds is 3. The summed E-state index contributed by atoms with van der Waals surface area (Å²) in [7, 11) is 0. The SMILES string of the molecule is O=C(CCn1ccc2ccccc21)N1CCCC2=C[C@@H]3C[C@@H](CN4CCCC[C@H]34)[C@@H]21. The normalized spacial score (nSPS) is 31.2. The summed E-state index contributed by atoms with van der Waals surface area (Å²) >= 11 is 0. The van der Waals surface area contributed by atoms with Crippen LogP contribution in [0.4, 0.5) is 0 Å². The van der Waals surface area contributed by atoms with Crippen molar-refractivity contribution in [1.29, 1.82) is 0 Å². The Morgan fingerprint density at radius 1 is 1.07 bits per heavy atom. The molecule has 1 aromatic carbocycles. The van der Waals surface area contributed by atoms with Crippen molar-refractivity contribution in [1.82, 2.24) is 14.4 Å². The molecular formula is C26H33N3O. The van der Waals surface area contributed by atoms with Gasteiger partial charge in [0.25, 0.3) is 0 Å². The van der Waals surface area contributed by atoms with Crippen molar-refractivity contribution in [2.75, 3.05) is 19.6 Å². The summed E-state index contributed by atoms with van der Waals surface area (Å²) in [5.74, 6) is 1.72. The Morgan fingerprint density at radius 2 is 2.00 bits per heavy atom. The van der Waals surface area contributed by atoms with Crippen LogP contribution in [0.1, 0.15) is 44.9 Å². The number of carbonyl (C=O) groups is 1. The molecule has 1 aromatic heterocycles. The first kappa shape index (κ1) is 18.7. The number of para-hydroxylation sites is 1. The summed E-state index contributed by atoms with van der Waals surface area (Å²) < 4.78 is 2.24. The first-order chi connectivity index (χ1) is 14.8. The van der Waals surface area contributed by atoms with E-state index in [0.717, 1.165) is 31.5 Å². The van der Waals surface area contributed by atoms with Gasteiger partial charge in [0.1, 0.15) is 0 Å². The monoisotopic (exact) mass is 403 g/mol. The second-order valence-corrected chi connectivity index (χ2v) is 9.91. The summed E-state index contributed by atoms with van der Waals surface area (Å²) in [6.07, 6.45) is 13.1. The summed E-state index contributed by atoms with van der Waals surface area (Å²) in [6.45, 7) is 4.19. The number of aromatic nitrogens is 1. The smallest absolute Gasteiger partial charge is 0.224 e. The Morgan fingerprint density at radius 3 is 2.97 bits per heavy atom. The molecule has 158 valence electrons. The lowest BCUT2D eigenvalue weighted by Gasteiger charge is -2.54. The maximum atomic E-state index is 13.4. The fourth-order valence-electron chi connectivity index (χ4n) is 6.95. The van der Waals surface area contributed by atoms with E-state index >= 15 is 0 Å². The predicted octanol–water partition coefficient (Wildman–Crippen LogP) is 4.45. The second kappa shape index (κ2) is 7.56. The van der Waals surface area contributed by atoms with E-state index in [9.17, 15) is 4.79 Å². The van der Waals surface area contributed by atoms with E-state index in [4.69, 9.17) is 0 Å². The molecular weight excluding hydrogens is 370 g/mol. The van der Waals surface area contributed by atoms with Gasteiger partial charge >= 0.3 is 0 Å². The number of hydrogen-bond acceptors (Lipinski definition) is 2. The third-order valence-corrected chi connectivity index (χ3v) is 8.22. The highest BCUT2D eigenvalue weighted by atomic mass is 16.2. The van der Waals surface area contributed by atoms with E-state index in [1.807, 2.05) is 0 Å². The summed E-state index contributed by atoms with van der Waals surface area (Å²) in [5, 5.41) is 1.25. The van der Waals surface area contributed by atoms with E-state index in [1.54, 1.807) is 5.57 Å². The van der Waals surface area contributed by atoms with Gasteiger partial charge in [-0.15, -0.1) is 0 Å². The van der Waals surface area contributed by atoms with Gasteiger partial charge in [-0.1, -0.05) is 36.3 Å². The van der Waals surface area contributed by atoms with Gasteiger partial charge in [0.15, 0.2) is 0 Å². The molecule has 30 heavy (non-hydrogen) atoms. The van der Waals surface area contributed by atoms with Crippen LogP contribution in [0, 0.1) is 11.8 Å². The van der Waals surface area contributed by atoms with Crippen LogP contribution >= 0.6 is 0 Å². The van der Waals surface area contributed by atoms with Gasteiger partial charge in [-0.25, -0.2) is 0 Å². The van der Waals surface area contributed by atoms with Gasteiger partial charge in [-0.05, 0) is 68.0 Å². The Hall–Kier alpha value is -2.07. The minimum atomic E-state index is 0.350. The molecule has 4 atom stereocenters. The number of likely N-dealkylation sites (tertiary alicyclic amines) is 1. The minimum Gasteiger partial charge on any atom is -0.347 e. The van der Waals surface area contributed by atoms with E-state index in [0.29, 0.717) is 24.3 Å². The van der Waals surface area contributed by atoms with Gasteiger partial charge in [0.05, 0.1) is 6.04 Å². The van der Waals surface area contributed by atoms with Crippen molar-refractivity contribution in [3.63, 3.8) is 0 Å². The van der Waals surface area contributed by atoms with Crippen molar-refractivity contribution in [2.24, 2.45) is 11.8 Å². The van der Waals surface area contributed by atoms with Gasteiger partial charge in [-0.3, -0.25) is 9.69 Å². The molecule has 3 aliphatic heterocycles. The lowest BCUT2D eigenvalue weighted by atomic mass is 9.68. The zero-order valence-electron chi connectivity index (χ0n) is 17.9. The number of carbonyl (C=O) groups excluding carboxylic acids is 1. The highest BCUT2D eigenvalue weighted by molar-refractivity contribution is 5.81. The van der Waals surface area contributed by atoms with Crippen molar-refractivity contribution >= 4 is 16.8 Å². The molecule has 2 bridgehead atoms. The van der Waals surface area contributed by atoms with Crippen molar-refractivity contribution < 1.29 is 4.79 Å². The summed E-state index contributed by atoms with van der Waals surface area (Å²) in [5.41, 5.74) is 2.82. The standard InChI is InChI=1S/C26H33N3O/c30-25(11-15-27-14-10-19-6-1-2-8-23(19)27)29-13-5-7-20-16-21-17-22(26(20)29)18-28-12-4-3-9-24(21)28/h1-2,6,8,10,14,16,21-22,24,26H,3-5,7,9,11-13,15,17-18H2/t21-,22+,24-,26-/m1/s1. The highest BCUT2D eigenvalue weighted by Gasteiger charge is 2.46. The van der Waals surface area contributed by atoms with Crippen LogP contribution in [0.15, 0.2) is 48.2 Å². The molecule has 4 heteroatoms. The molecule has 0 N–H and O–H groups in total. The molecule has 4 nitrogen and oxygen atoms in total. The number of hydrogen-bond donors (Lipinski definition) is 0. The molecule has 0 spiro atoms. The zero-order chi connectivity index (χ0) is 20.1. The maximum absolute atomic E-state index is 13.4. The van der Waals surface area contributed by atoms with Crippen molar-refractivity contribution in [2.45, 2.75) is 63.6 Å². The fraction of sp³-hybridized carbons (Fsp3) is 0.577.